The normalized spacial score (nSPS) is 26.3. The fourth-order valence-corrected chi connectivity index (χ4v) is 8.74. The molecule has 4 bridgehead atoms. The molecule has 1 N–H and O–H groups in total. The van der Waals surface area contributed by atoms with E-state index in [4.69, 9.17) is 4.42 Å². The smallest absolute Gasteiger partial charge is 0.295 e. The third-order valence-corrected chi connectivity index (χ3v) is 10.5. The number of hydrogen-bond acceptors (Lipinski definition) is 4. The molecule has 6 nitrogen and oxygen atoms in total. The lowest BCUT2D eigenvalue weighted by Gasteiger charge is -2.25. The maximum Gasteiger partial charge on any atom is 0.295 e. The average molecular weight is 528 g/mol. The number of fused-ring (bicyclic) bond motifs is 6. The first-order valence-corrected chi connectivity index (χ1v) is 15.4. The lowest BCUT2D eigenvalue weighted by atomic mass is 9.93. The molecule has 4 fully saturated rings. The van der Waals surface area contributed by atoms with Gasteiger partial charge in [0.1, 0.15) is 16.2 Å². The van der Waals surface area contributed by atoms with Gasteiger partial charge in [0.25, 0.3) is 10.1 Å². The summed E-state index contributed by atoms with van der Waals surface area (Å²) in [6.45, 7) is 0. The molecular weight excluding hydrogens is 496 g/mol. The highest BCUT2D eigenvalue weighted by molar-refractivity contribution is 7.86. The molecule has 6 aliphatic rings. The Morgan fingerprint density at radius 2 is 1.47 bits per heavy atom. The van der Waals surface area contributed by atoms with Crippen molar-refractivity contribution in [3.63, 3.8) is 0 Å². The van der Waals surface area contributed by atoms with Crippen LogP contribution in [0.2, 0.25) is 0 Å². The number of nitrogens with zero attached hydrogens (tertiary/aromatic N) is 2. The van der Waals surface area contributed by atoms with Gasteiger partial charge in [-0.1, -0.05) is 18.2 Å². The van der Waals surface area contributed by atoms with Crippen molar-refractivity contribution in [2.75, 3.05) is 4.90 Å². The summed E-state index contributed by atoms with van der Waals surface area (Å²) in [6, 6.07) is 21.8. The molecule has 38 heavy (non-hydrogen) atoms. The van der Waals surface area contributed by atoms with Crippen molar-refractivity contribution in [3.05, 3.63) is 66.0 Å². The zero-order chi connectivity index (χ0) is 25.6. The molecule has 5 aliphatic heterocycles. The van der Waals surface area contributed by atoms with Gasteiger partial charge in [0.2, 0.25) is 5.36 Å². The lowest BCUT2D eigenvalue weighted by molar-refractivity contribution is 0.483. The van der Waals surface area contributed by atoms with Crippen LogP contribution in [-0.4, -0.2) is 37.1 Å². The van der Waals surface area contributed by atoms with E-state index in [-0.39, 0.29) is 4.90 Å². The summed E-state index contributed by atoms with van der Waals surface area (Å²) in [4.78, 5) is 2.47. The molecular formula is C31H31N2O4S+. The van der Waals surface area contributed by atoms with Gasteiger partial charge in [-0.2, -0.15) is 8.42 Å². The first-order valence-electron chi connectivity index (χ1n) is 13.9. The molecule has 1 aliphatic carbocycles. The quantitative estimate of drug-likeness (QED) is 0.211. The van der Waals surface area contributed by atoms with Crippen molar-refractivity contribution in [1.82, 2.24) is 4.58 Å². The number of benzene rings is 3. The van der Waals surface area contributed by atoms with E-state index in [0.29, 0.717) is 29.7 Å². The molecule has 0 amide bonds. The van der Waals surface area contributed by atoms with Crippen LogP contribution in [0.4, 0.5) is 5.69 Å². The van der Waals surface area contributed by atoms with Crippen LogP contribution < -0.4 is 14.8 Å². The van der Waals surface area contributed by atoms with E-state index < -0.39 is 10.1 Å². The number of rotatable bonds is 3. The Morgan fingerprint density at radius 1 is 0.789 bits per heavy atom. The molecule has 0 aromatic heterocycles. The monoisotopic (exact) mass is 527 g/mol. The molecule has 4 saturated heterocycles. The largest absolute Gasteiger partial charge is 0.456 e. The summed E-state index contributed by atoms with van der Waals surface area (Å²) in [7, 11) is -4.42. The summed E-state index contributed by atoms with van der Waals surface area (Å²) in [5.41, 5.74) is 4.03. The Morgan fingerprint density at radius 3 is 2.16 bits per heavy atom. The van der Waals surface area contributed by atoms with Gasteiger partial charge in [-0.15, -0.1) is 0 Å². The van der Waals surface area contributed by atoms with Crippen LogP contribution in [0.1, 0.15) is 51.4 Å². The zero-order valence-corrected chi connectivity index (χ0v) is 22.0. The molecule has 7 heteroatoms. The first kappa shape index (κ1) is 22.8. The van der Waals surface area contributed by atoms with Crippen LogP contribution >= 0.6 is 0 Å². The topological polar surface area (TPSA) is 73.8 Å². The molecule has 194 valence electrons. The van der Waals surface area contributed by atoms with Gasteiger partial charge in [-0.05, 0) is 49.9 Å². The van der Waals surface area contributed by atoms with E-state index in [1.54, 1.807) is 12.1 Å². The lowest BCUT2D eigenvalue weighted by Crippen LogP contribution is -2.33. The Labute approximate surface area is 222 Å². The van der Waals surface area contributed by atoms with E-state index in [1.807, 2.05) is 6.07 Å². The minimum absolute atomic E-state index is 0.0860. The molecule has 0 radical (unpaired) electrons. The minimum atomic E-state index is -4.42. The predicted molar refractivity (Wildman–Crippen MR) is 148 cm³/mol. The van der Waals surface area contributed by atoms with E-state index in [0.717, 1.165) is 27.9 Å². The fourth-order valence-electron chi connectivity index (χ4n) is 8.05. The average Bonchev–Trinajstić information content (AvgIpc) is 3.72. The maximum absolute atomic E-state index is 12.4. The van der Waals surface area contributed by atoms with Crippen molar-refractivity contribution in [1.29, 1.82) is 0 Å². The molecule has 2 aromatic carbocycles. The third-order valence-electron chi connectivity index (χ3n) is 9.63. The van der Waals surface area contributed by atoms with E-state index >= 15 is 0 Å². The van der Waals surface area contributed by atoms with Crippen LogP contribution in [0.3, 0.4) is 0 Å². The predicted octanol–water partition coefficient (Wildman–Crippen LogP) is 5.68. The number of hydrogen-bond donors (Lipinski definition) is 1. The molecule has 0 spiro atoms. The summed E-state index contributed by atoms with van der Waals surface area (Å²) in [5.74, 6) is 0.739. The van der Waals surface area contributed by atoms with Gasteiger partial charge in [0.15, 0.2) is 12.1 Å². The Hall–Kier alpha value is -3.16. The summed E-state index contributed by atoms with van der Waals surface area (Å²) < 4.78 is 44.2. The second-order valence-electron chi connectivity index (χ2n) is 11.5. The molecule has 0 atom stereocenters. The molecule has 2 aromatic rings. The second kappa shape index (κ2) is 8.17. The summed E-state index contributed by atoms with van der Waals surface area (Å²) >= 11 is 0. The van der Waals surface area contributed by atoms with E-state index in [9.17, 15) is 13.0 Å². The van der Waals surface area contributed by atoms with Crippen LogP contribution in [0.25, 0.3) is 33.4 Å². The van der Waals surface area contributed by atoms with Crippen LogP contribution in [0.15, 0.2) is 70.0 Å². The highest BCUT2D eigenvalue weighted by Crippen LogP contribution is 2.46. The first-order chi connectivity index (χ1) is 18.5. The van der Waals surface area contributed by atoms with Gasteiger partial charge in [0.05, 0.1) is 6.07 Å². The standard InChI is InChI=1S/C31H30N2O4S/c34-38(35,36)30-4-2-1-3-27(30)31-25-15-13-23(32-19-5-6-20(32)8-7-19)17-28(25)37-29-18-24(14-16-26(29)31)33-21-9-10-22(33)12-11-21/h1-4,13-22H,5-12H2/p+1. The summed E-state index contributed by atoms with van der Waals surface area (Å²) in [5, 5.41) is 2.02. The van der Waals surface area contributed by atoms with Crippen molar-refractivity contribution in [3.8, 4) is 22.5 Å². The summed E-state index contributed by atoms with van der Waals surface area (Å²) in [6.07, 6.45) is 9.94. The highest BCUT2D eigenvalue weighted by Gasteiger charge is 2.44. The molecule has 0 saturated carbocycles. The van der Waals surface area contributed by atoms with Gasteiger partial charge in [-0.25, -0.2) is 4.58 Å². The second-order valence-corrected chi connectivity index (χ2v) is 12.9. The Kier molecular flexibility index (Phi) is 4.90. The van der Waals surface area contributed by atoms with Crippen molar-refractivity contribution in [2.24, 2.45) is 0 Å². The molecule has 5 heterocycles. The Bertz CT molecular complexity index is 1720. The van der Waals surface area contributed by atoms with Crippen LogP contribution in [-0.2, 0) is 10.1 Å². The SMILES string of the molecule is O=S(=O)(O)c1ccccc1-c1c2ccc(=[N+]3C4CCC3CC4)cc-2oc2cc(N3C4CCC3CC4)ccc12. The van der Waals surface area contributed by atoms with Gasteiger partial charge >= 0.3 is 0 Å². The third kappa shape index (κ3) is 3.34. The number of anilines is 1. The fraction of sp³-hybridized carbons (Fsp3) is 0.387. The van der Waals surface area contributed by atoms with Gasteiger partial charge < -0.3 is 9.32 Å². The molecule has 8 rings (SSSR count). The van der Waals surface area contributed by atoms with Crippen molar-refractivity contribution >= 4 is 26.8 Å². The highest BCUT2D eigenvalue weighted by atomic mass is 32.2. The van der Waals surface area contributed by atoms with Crippen molar-refractivity contribution < 1.29 is 17.4 Å². The van der Waals surface area contributed by atoms with Crippen LogP contribution in [0.5, 0.6) is 0 Å². The van der Waals surface area contributed by atoms with E-state index in [1.165, 1.54) is 68.5 Å². The van der Waals surface area contributed by atoms with Gasteiger partial charge in [0, 0.05) is 77.7 Å². The minimum Gasteiger partial charge on any atom is -0.456 e. The van der Waals surface area contributed by atoms with Crippen LogP contribution in [0, 0.1) is 0 Å². The zero-order valence-electron chi connectivity index (χ0n) is 21.2. The van der Waals surface area contributed by atoms with Crippen molar-refractivity contribution in [2.45, 2.75) is 80.4 Å². The maximum atomic E-state index is 12.4. The van der Waals surface area contributed by atoms with E-state index in [2.05, 4.69) is 45.9 Å². The molecule has 0 unspecified atom stereocenters. The van der Waals surface area contributed by atoms with Gasteiger partial charge in [-0.3, -0.25) is 4.55 Å². The Balaban J connectivity index is 1.42.